The molecule has 0 unspecified atom stereocenters. The summed E-state index contributed by atoms with van der Waals surface area (Å²) in [6.07, 6.45) is 0.565. The number of rotatable bonds is 7. The van der Waals surface area contributed by atoms with Gasteiger partial charge in [0.1, 0.15) is 18.1 Å². The molecule has 7 heteroatoms. The standard InChI is InChI=1S/C21H20FN3O3/c1-28-19-5-3-2-4-17(19)18-10-11-21(27)25(24-18)14-20(26)23-13-12-15-6-8-16(22)9-7-15/h2-11H,12-14H2,1H3,(H,23,26). The van der Waals surface area contributed by atoms with Crippen LogP contribution in [0.3, 0.4) is 0 Å². The van der Waals surface area contributed by atoms with E-state index < -0.39 is 0 Å². The van der Waals surface area contributed by atoms with Gasteiger partial charge in [-0.15, -0.1) is 0 Å². The average molecular weight is 381 g/mol. The van der Waals surface area contributed by atoms with Gasteiger partial charge in [0.15, 0.2) is 0 Å². The quantitative estimate of drug-likeness (QED) is 0.682. The first-order valence-electron chi connectivity index (χ1n) is 8.79. The van der Waals surface area contributed by atoms with E-state index in [4.69, 9.17) is 4.74 Å². The normalized spacial score (nSPS) is 10.5. The van der Waals surface area contributed by atoms with Crippen molar-refractivity contribution >= 4 is 5.91 Å². The van der Waals surface area contributed by atoms with Gasteiger partial charge in [-0.05, 0) is 42.3 Å². The van der Waals surface area contributed by atoms with Crippen molar-refractivity contribution in [3.8, 4) is 17.0 Å². The van der Waals surface area contributed by atoms with E-state index in [1.54, 1.807) is 31.4 Å². The molecule has 2 aromatic carbocycles. The summed E-state index contributed by atoms with van der Waals surface area (Å²) in [5, 5.41) is 7.03. The molecule has 1 N–H and O–H groups in total. The second kappa shape index (κ2) is 8.94. The summed E-state index contributed by atoms with van der Waals surface area (Å²) < 4.78 is 19.3. The number of nitrogens with zero attached hydrogens (tertiary/aromatic N) is 2. The predicted octanol–water partition coefficient (Wildman–Crippen LogP) is 2.42. The Bertz CT molecular complexity index is 1020. The lowest BCUT2D eigenvalue weighted by Crippen LogP contribution is -2.34. The highest BCUT2D eigenvalue weighted by Gasteiger charge is 2.10. The van der Waals surface area contributed by atoms with Crippen LogP contribution in [0, 0.1) is 5.82 Å². The first-order valence-corrected chi connectivity index (χ1v) is 8.79. The van der Waals surface area contributed by atoms with Gasteiger partial charge in [-0.2, -0.15) is 5.10 Å². The highest BCUT2D eigenvalue weighted by atomic mass is 19.1. The number of carbonyl (C=O) groups excluding carboxylic acids is 1. The van der Waals surface area contributed by atoms with Crippen molar-refractivity contribution in [3.05, 3.63) is 82.4 Å². The summed E-state index contributed by atoms with van der Waals surface area (Å²) in [6, 6.07) is 16.4. The molecular formula is C21H20FN3O3. The molecule has 0 atom stereocenters. The summed E-state index contributed by atoms with van der Waals surface area (Å²) >= 11 is 0. The van der Waals surface area contributed by atoms with E-state index >= 15 is 0 Å². The maximum atomic E-state index is 12.9. The minimum atomic E-state index is -0.368. The number of hydrogen-bond acceptors (Lipinski definition) is 4. The van der Waals surface area contributed by atoms with Crippen LogP contribution in [0.15, 0.2) is 65.5 Å². The first-order chi connectivity index (χ1) is 13.6. The molecule has 0 aliphatic heterocycles. The van der Waals surface area contributed by atoms with E-state index in [1.807, 2.05) is 18.2 Å². The Morgan fingerprint density at radius 1 is 1.11 bits per heavy atom. The first kappa shape index (κ1) is 19.3. The molecule has 3 aromatic rings. The van der Waals surface area contributed by atoms with Gasteiger partial charge in [-0.3, -0.25) is 9.59 Å². The van der Waals surface area contributed by atoms with Gasteiger partial charge >= 0.3 is 0 Å². The Labute approximate surface area is 161 Å². The second-order valence-electron chi connectivity index (χ2n) is 6.14. The molecule has 0 saturated heterocycles. The SMILES string of the molecule is COc1ccccc1-c1ccc(=O)n(CC(=O)NCCc2ccc(F)cc2)n1. The topological polar surface area (TPSA) is 73.2 Å². The van der Waals surface area contributed by atoms with Crippen molar-refractivity contribution < 1.29 is 13.9 Å². The minimum Gasteiger partial charge on any atom is -0.496 e. The fourth-order valence-electron chi connectivity index (χ4n) is 2.75. The van der Waals surface area contributed by atoms with Crippen molar-refractivity contribution in [2.75, 3.05) is 13.7 Å². The lowest BCUT2D eigenvalue weighted by atomic mass is 10.1. The molecule has 0 bridgehead atoms. The van der Waals surface area contributed by atoms with Crippen LogP contribution in [0.5, 0.6) is 5.75 Å². The zero-order chi connectivity index (χ0) is 19.9. The van der Waals surface area contributed by atoms with E-state index in [2.05, 4.69) is 10.4 Å². The van der Waals surface area contributed by atoms with Crippen LogP contribution in [-0.2, 0) is 17.8 Å². The molecule has 28 heavy (non-hydrogen) atoms. The molecule has 1 aromatic heterocycles. The van der Waals surface area contributed by atoms with Crippen molar-refractivity contribution in [2.24, 2.45) is 0 Å². The lowest BCUT2D eigenvalue weighted by molar-refractivity contribution is -0.121. The van der Waals surface area contributed by atoms with Crippen molar-refractivity contribution in [3.63, 3.8) is 0 Å². The van der Waals surface area contributed by atoms with Gasteiger partial charge < -0.3 is 10.1 Å². The minimum absolute atomic E-state index is 0.189. The van der Waals surface area contributed by atoms with E-state index in [0.717, 1.165) is 15.8 Å². The molecule has 1 amide bonds. The maximum Gasteiger partial charge on any atom is 0.267 e. The summed E-state index contributed by atoms with van der Waals surface area (Å²) in [4.78, 5) is 24.3. The molecule has 6 nitrogen and oxygen atoms in total. The molecule has 0 spiro atoms. The van der Waals surface area contributed by atoms with E-state index in [0.29, 0.717) is 24.4 Å². The fraction of sp³-hybridized carbons (Fsp3) is 0.190. The molecule has 0 fully saturated rings. The van der Waals surface area contributed by atoms with Crippen molar-refractivity contribution in [2.45, 2.75) is 13.0 Å². The number of amides is 1. The van der Waals surface area contributed by atoms with E-state index in [-0.39, 0.29) is 23.8 Å². The zero-order valence-electron chi connectivity index (χ0n) is 15.4. The molecular weight excluding hydrogens is 361 g/mol. The molecule has 144 valence electrons. The van der Waals surface area contributed by atoms with E-state index in [1.165, 1.54) is 18.2 Å². The molecule has 3 rings (SSSR count). The van der Waals surface area contributed by atoms with Gasteiger partial charge in [0.05, 0.1) is 12.8 Å². The summed E-state index contributed by atoms with van der Waals surface area (Å²) in [6.45, 7) is 0.191. The third-order valence-electron chi connectivity index (χ3n) is 4.19. The Hall–Kier alpha value is -3.48. The largest absolute Gasteiger partial charge is 0.496 e. The smallest absolute Gasteiger partial charge is 0.267 e. The number of halogens is 1. The van der Waals surface area contributed by atoms with Gasteiger partial charge in [0.25, 0.3) is 5.56 Å². The molecule has 1 heterocycles. The van der Waals surface area contributed by atoms with Crippen LogP contribution >= 0.6 is 0 Å². The summed E-state index contributed by atoms with van der Waals surface area (Å²) in [5.41, 5.74) is 1.81. The number of carbonyl (C=O) groups is 1. The van der Waals surface area contributed by atoms with Crippen LogP contribution in [0.4, 0.5) is 4.39 Å². The fourth-order valence-corrected chi connectivity index (χ4v) is 2.75. The average Bonchev–Trinajstić information content (AvgIpc) is 2.71. The van der Waals surface area contributed by atoms with Crippen molar-refractivity contribution in [1.29, 1.82) is 0 Å². The number of nitrogens with one attached hydrogen (secondary N) is 1. The second-order valence-corrected chi connectivity index (χ2v) is 6.14. The predicted molar refractivity (Wildman–Crippen MR) is 104 cm³/mol. The maximum absolute atomic E-state index is 12.9. The Morgan fingerprint density at radius 2 is 1.86 bits per heavy atom. The van der Waals surface area contributed by atoms with E-state index in [9.17, 15) is 14.0 Å². The third kappa shape index (κ3) is 4.82. The summed E-state index contributed by atoms with van der Waals surface area (Å²) in [7, 11) is 1.56. The number of methoxy groups -OCH3 is 1. The monoisotopic (exact) mass is 381 g/mol. The van der Waals surface area contributed by atoms with Crippen LogP contribution in [0.25, 0.3) is 11.3 Å². The molecule has 0 saturated carbocycles. The Balaban J connectivity index is 1.65. The van der Waals surface area contributed by atoms with Crippen LogP contribution in [-0.4, -0.2) is 29.3 Å². The van der Waals surface area contributed by atoms with Gasteiger partial charge in [0, 0.05) is 18.2 Å². The number of aromatic nitrogens is 2. The number of para-hydroxylation sites is 1. The Morgan fingerprint density at radius 3 is 2.61 bits per heavy atom. The molecule has 0 radical (unpaired) electrons. The third-order valence-corrected chi connectivity index (χ3v) is 4.19. The van der Waals surface area contributed by atoms with Crippen molar-refractivity contribution in [1.82, 2.24) is 15.1 Å². The van der Waals surface area contributed by atoms with Gasteiger partial charge in [0.2, 0.25) is 5.91 Å². The number of ether oxygens (including phenoxy) is 1. The Kier molecular flexibility index (Phi) is 6.16. The number of hydrogen-bond donors (Lipinski definition) is 1. The van der Waals surface area contributed by atoms with Crippen LogP contribution < -0.4 is 15.6 Å². The number of benzene rings is 2. The molecule has 0 aliphatic carbocycles. The van der Waals surface area contributed by atoms with Gasteiger partial charge in [-0.25, -0.2) is 9.07 Å². The highest BCUT2D eigenvalue weighted by Crippen LogP contribution is 2.27. The zero-order valence-corrected chi connectivity index (χ0v) is 15.4. The summed E-state index contributed by atoms with van der Waals surface area (Å²) in [5.74, 6) is 0.00556. The molecule has 0 aliphatic rings. The van der Waals surface area contributed by atoms with Crippen LogP contribution in [0.2, 0.25) is 0 Å². The lowest BCUT2D eigenvalue weighted by Gasteiger charge is -2.10. The van der Waals surface area contributed by atoms with Gasteiger partial charge in [-0.1, -0.05) is 24.3 Å². The van der Waals surface area contributed by atoms with Crippen LogP contribution in [0.1, 0.15) is 5.56 Å². The highest BCUT2D eigenvalue weighted by molar-refractivity contribution is 5.75.